The van der Waals surface area contributed by atoms with Crippen LogP contribution in [0.1, 0.15) is 35.1 Å². The van der Waals surface area contributed by atoms with E-state index in [4.69, 9.17) is 5.73 Å². The van der Waals surface area contributed by atoms with Crippen molar-refractivity contribution in [3.05, 3.63) is 29.8 Å². The Morgan fingerprint density at radius 1 is 1.45 bits per heavy atom. The number of carboxylic acids is 1. The maximum absolute atomic E-state index is 11.4. The molecule has 0 amide bonds. The molecule has 2 aromatic rings. The van der Waals surface area contributed by atoms with Crippen LogP contribution in [-0.4, -0.2) is 45.5 Å². The molecule has 1 fully saturated rings. The van der Waals surface area contributed by atoms with Crippen molar-refractivity contribution in [3.8, 4) is 0 Å². The zero-order chi connectivity index (χ0) is 14.3. The normalized spacial score (nSPS) is 17.6. The molecule has 20 heavy (non-hydrogen) atoms. The minimum atomic E-state index is -1.03. The Bertz CT molecular complexity index is 656. The third kappa shape index (κ3) is 2.02. The number of rotatable bonds is 2. The van der Waals surface area contributed by atoms with Crippen LogP contribution in [-0.2, 0) is 0 Å². The molecule has 1 aliphatic rings. The molecule has 6 nitrogen and oxygen atoms in total. The highest BCUT2D eigenvalue weighted by Gasteiger charge is 2.26. The SMILES string of the molecule is CN1CCC(c2nc(C(=O)O)c3c(N)cccn23)CC1. The summed E-state index contributed by atoms with van der Waals surface area (Å²) < 4.78 is 1.84. The van der Waals surface area contributed by atoms with Gasteiger partial charge >= 0.3 is 5.97 Å². The molecule has 106 valence electrons. The monoisotopic (exact) mass is 274 g/mol. The smallest absolute Gasteiger partial charge is 0.356 e. The molecular formula is C14H18N4O2. The van der Waals surface area contributed by atoms with Crippen molar-refractivity contribution < 1.29 is 9.90 Å². The predicted octanol–water partition coefficient (Wildman–Crippen LogP) is 1.42. The number of imidazole rings is 1. The van der Waals surface area contributed by atoms with E-state index >= 15 is 0 Å². The molecule has 3 heterocycles. The van der Waals surface area contributed by atoms with Gasteiger partial charge in [0.25, 0.3) is 0 Å². The average molecular weight is 274 g/mol. The van der Waals surface area contributed by atoms with Gasteiger partial charge in [0.2, 0.25) is 0 Å². The van der Waals surface area contributed by atoms with Crippen LogP contribution in [0.25, 0.3) is 5.52 Å². The van der Waals surface area contributed by atoms with E-state index in [-0.39, 0.29) is 11.6 Å². The first-order valence-electron chi connectivity index (χ1n) is 6.76. The average Bonchev–Trinajstić information content (AvgIpc) is 2.81. The van der Waals surface area contributed by atoms with E-state index in [0.717, 1.165) is 31.8 Å². The van der Waals surface area contributed by atoms with Crippen LogP contribution >= 0.6 is 0 Å². The second-order valence-corrected chi connectivity index (χ2v) is 5.38. The minimum Gasteiger partial charge on any atom is -0.476 e. The van der Waals surface area contributed by atoms with Gasteiger partial charge in [-0.3, -0.25) is 0 Å². The highest BCUT2D eigenvalue weighted by molar-refractivity contribution is 5.97. The lowest BCUT2D eigenvalue weighted by molar-refractivity contribution is 0.0693. The lowest BCUT2D eigenvalue weighted by Gasteiger charge is -2.28. The van der Waals surface area contributed by atoms with Gasteiger partial charge in [-0.25, -0.2) is 9.78 Å². The van der Waals surface area contributed by atoms with E-state index in [1.165, 1.54) is 0 Å². The number of fused-ring (bicyclic) bond motifs is 1. The Labute approximate surface area is 116 Å². The number of hydrogen-bond acceptors (Lipinski definition) is 4. The van der Waals surface area contributed by atoms with Crippen molar-refractivity contribution in [3.63, 3.8) is 0 Å². The molecule has 0 atom stereocenters. The molecule has 0 unspecified atom stereocenters. The van der Waals surface area contributed by atoms with Crippen molar-refractivity contribution in [1.29, 1.82) is 0 Å². The lowest BCUT2D eigenvalue weighted by Crippen LogP contribution is -2.30. The van der Waals surface area contributed by atoms with Gasteiger partial charge in [0.15, 0.2) is 5.69 Å². The highest BCUT2D eigenvalue weighted by atomic mass is 16.4. The van der Waals surface area contributed by atoms with Crippen LogP contribution in [0.4, 0.5) is 5.69 Å². The van der Waals surface area contributed by atoms with Crippen LogP contribution in [0.3, 0.4) is 0 Å². The molecule has 0 radical (unpaired) electrons. The molecule has 3 N–H and O–H groups in total. The number of aromatic carboxylic acids is 1. The fourth-order valence-corrected chi connectivity index (χ4v) is 2.89. The van der Waals surface area contributed by atoms with E-state index in [1.54, 1.807) is 6.07 Å². The standard InChI is InChI=1S/C14H18N4O2/c1-17-7-4-9(5-8-17)13-16-11(14(19)20)12-10(15)3-2-6-18(12)13/h2-3,6,9H,4-5,7-8,15H2,1H3,(H,19,20). The number of hydrogen-bond donors (Lipinski definition) is 2. The second-order valence-electron chi connectivity index (χ2n) is 5.38. The van der Waals surface area contributed by atoms with Gasteiger partial charge in [0.1, 0.15) is 11.3 Å². The second kappa shape index (κ2) is 4.79. The third-order valence-corrected chi connectivity index (χ3v) is 4.01. The highest BCUT2D eigenvalue weighted by Crippen LogP contribution is 2.30. The maximum Gasteiger partial charge on any atom is 0.356 e. The Hall–Kier alpha value is -2.08. The molecule has 0 aromatic carbocycles. The summed E-state index contributed by atoms with van der Waals surface area (Å²) in [6, 6.07) is 3.54. The fraction of sp³-hybridized carbons (Fsp3) is 0.429. The van der Waals surface area contributed by atoms with Crippen molar-refractivity contribution in [2.75, 3.05) is 25.9 Å². The van der Waals surface area contributed by atoms with Gasteiger partial charge in [0.05, 0.1) is 5.69 Å². The van der Waals surface area contributed by atoms with Gasteiger partial charge in [-0.15, -0.1) is 0 Å². The maximum atomic E-state index is 11.4. The van der Waals surface area contributed by atoms with E-state index in [9.17, 15) is 9.90 Å². The minimum absolute atomic E-state index is 0.0528. The lowest BCUT2D eigenvalue weighted by atomic mass is 9.96. The number of carbonyl (C=O) groups is 1. The molecule has 3 rings (SSSR count). The van der Waals surface area contributed by atoms with Crippen LogP contribution in [0.5, 0.6) is 0 Å². The van der Waals surface area contributed by atoms with Crippen LogP contribution in [0.15, 0.2) is 18.3 Å². The zero-order valence-electron chi connectivity index (χ0n) is 11.4. The van der Waals surface area contributed by atoms with E-state index < -0.39 is 5.97 Å². The van der Waals surface area contributed by atoms with Gasteiger partial charge in [-0.1, -0.05) is 0 Å². The summed E-state index contributed by atoms with van der Waals surface area (Å²) in [5, 5.41) is 9.32. The number of aromatic nitrogens is 2. The van der Waals surface area contributed by atoms with Gasteiger partial charge in [-0.05, 0) is 45.1 Å². The van der Waals surface area contributed by atoms with Gasteiger partial charge in [-0.2, -0.15) is 0 Å². The van der Waals surface area contributed by atoms with E-state index in [2.05, 4.69) is 16.9 Å². The molecule has 2 aromatic heterocycles. The molecule has 0 aliphatic carbocycles. The Morgan fingerprint density at radius 3 is 2.80 bits per heavy atom. The quantitative estimate of drug-likeness (QED) is 0.865. The van der Waals surface area contributed by atoms with Crippen molar-refractivity contribution >= 4 is 17.2 Å². The number of nitrogens with two attached hydrogens (primary N) is 1. The predicted molar refractivity (Wildman–Crippen MR) is 76.0 cm³/mol. The summed E-state index contributed by atoms with van der Waals surface area (Å²) >= 11 is 0. The number of anilines is 1. The Morgan fingerprint density at radius 2 is 2.15 bits per heavy atom. The Balaban J connectivity index is 2.12. The first kappa shape index (κ1) is 12.9. The van der Waals surface area contributed by atoms with E-state index in [0.29, 0.717) is 11.2 Å². The number of pyridine rings is 1. The van der Waals surface area contributed by atoms with Crippen molar-refractivity contribution in [2.45, 2.75) is 18.8 Å². The molecule has 0 spiro atoms. The van der Waals surface area contributed by atoms with Crippen LogP contribution in [0, 0.1) is 0 Å². The first-order valence-corrected chi connectivity index (χ1v) is 6.76. The molecule has 6 heteroatoms. The third-order valence-electron chi connectivity index (χ3n) is 4.01. The van der Waals surface area contributed by atoms with Gasteiger partial charge in [0, 0.05) is 12.1 Å². The van der Waals surface area contributed by atoms with Gasteiger partial charge < -0.3 is 20.1 Å². The molecule has 0 saturated carbocycles. The Kier molecular flexibility index (Phi) is 3.10. The molecule has 0 bridgehead atoms. The van der Waals surface area contributed by atoms with E-state index in [1.807, 2.05) is 16.7 Å². The number of nitrogens with zero attached hydrogens (tertiary/aromatic N) is 3. The van der Waals surface area contributed by atoms with Crippen molar-refractivity contribution in [1.82, 2.24) is 14.3 Å². The topological polar surface area (TPSA) is 83.9 Å². The summed E-state index contributed by atoms with van der Waals surface area (Å²) in [5.74, 6) is 0.0750. The summed E-state index contributed by atoms with van der Waals surface area (Å²) in [5.41, 5.74) is 6.94. The van der Waals surface area contributed by atoms with Crippen LogP contribution < -0.4 is 5.73 Å². The summed E-state index contributed by atoms with van der Waals surface area (Å²) in [6.07, 6.45) is 3.83. The zero-order valence-corrected chi connectivity index (χ0v) is 11.4. The molecule has 1 saturated heterocycles. The number of likely N-dealkylation sites (tertiary alicyclic amines) is 1. The van der Waals surface area contributed by atoms with Crippen molar-refractivity contribution in [2.24, 2.45) is 0 Å². The largest absolute Gasteiger partial charge is 0.476 e. The van der Waals surface area contributed by atoms with Crippen LogP contribution in [0.2, 0.25) is 0 Å². The number of piperidine rings is 1. The fourth-order valence-electron chi connectivity index (χ4n) is 2.89. The summed E-state index contributed by atoms with van der Waals surface area (Å²) in [6.45, 7) is 2.01. The number of carboxylic acid groups (broad SMARTS) is 1. The molecular weight excluding hydrogens is 256 g/mol. The number of nitrogen functional groups attached to an aromatic ring is 1. The molecule has 1 aliphatic heterocycles. The first-order chi connectivity index (χ1) is 9.58. The summed E-state index contributed by atoms with van der Waals surface area (Å²) in [4.78, 5) is 18.0. The summed E-state index contributed by atoms with van der Waals surface area (Å²) in [7, 11) is 2.10.